The maximum Gasteiger partial charge on any atom is 0.139 e. The first-order valence-electron chi connectivity index (χ1n) is 6.20. The molecule has 5 nitrogen and oxygen atoms in total. The van der Waals surface area contributed by atoms with Crippen LogP contribution in [-0.4, -0.2) is 16.6 Å². The molecule has 100 valence electrons. The zero-order valence-electron chi connectivity index (χ0n) is 11.4. The summed E-state index contributed by atoms with van der Waals surface area (Å²) in [5, 5.41) is 3.24. The van der Waals surface area contributed by atoms with Crippen molar-refractivity contribution in [2.24, 2.45) is 0 Å². The van der Waals surface area contributed by atoms with Crippen molar-refractivity contribution in [3.63, 3.8) is 0 Å². The van der Waals surface area contributed by atoms with Crippen molar-refractivity contribution < 1.29 is 4.74 Å². The fraction of sp³-hybridized carbons (Fsp3) is 0.286. The molecule has 0 amide bonds. The summed E-state index contributed by atoms with van der Waals surface area (Å²) < 4.78 is 5.46. The first kappa shape index (κ1) is 13.1. The van der Waals surface area contributed by atoms with Crippen molar-refractivity contribution in [3.8, 4) is 5.75 Å². The highest BCUT2D eigenvalue weighted by molar-refractivity contribution is 5.64. The van der Waals surface area contributed by atoms with Gasteiger partial charge in [-0.2, -0.15) is 0 Å². The van der Waals surface area contributed by atoms with E-state index in [0.29, 0.717) is 18.2 Å². The van der Waals surface area contributed by atoms with Crippen LogP contribution in [0, 0.1) is 13.8 Å². The lowest BCUT2D eigenvalue weighted by atomic mass is 10.2. The number of aryl methyl sites for hydroxylation is 1. The van der Waals surface area contributed by atoms with Gasteiger partial charge in [0.1, 0.15) is 23.2 Å². The highest BCUT2D eigenvalue weighted by atomic mass is 16.5. The number of benzene rings is 1. The predicted molar refractivity (Wildman–Crippen MR) is 76.8 cm³/mol. The lowest BCUT2D eigenvalue weighted by Crippen LogP contribution is -2.05. The summed E-state index contributed by atoms with van der Waals surface area (Å²) in [4.78, 5) is 8.49. The highest BCUT2D eigenvalue weighted by Crippen LogP contribution is 2.24. The molecule has 0 fully saturated rings. The van der Waals surface area contributed by atoms with E-state index >= 15 is 0 Å². The number of nitrogens with two attached hydrogens (primary N) is 1. The zero-order valence-corrected chi connectivity index (χ0v) is 11.4. The minimum atomic E-state index is 0.496. The van der Waals surface area contributed by atoms with E-state index in [4.69, 9.17) is 10.5 Å². The van der Waals surface area contributed by atoms with Crippen LogP contribution in [0.2, 0.25) is 0 Å². The maximum absolute atomic E-state index is 5.84. The van der Waals surface area contributed by atoms with Gasteiger partial charge in [-0.25, -0.2) is 9.97 Å². The second kappa shape index (κ2) is 5.56. The van der Waals surface area contributed by atoms with Crippen molar-refractivity contribution >= 4 is 17.3 Å². The fourth-order valence-corrected chi connectivity index (χ4v) is 1.74. The van der Waals surface area contributed by atoms with E-state index < -0.39 is 0 Å². The summed E-state index contributed by atoms with van der Waals surface area (Å²) in [6.07, 6.45) is 0. The Hall–Kier alpha value is -2.30. The van der Waals surface area contributed by atoms with E-state index in [9.17, 15) is 0 Å². The molecule has 1 heterocycles. The standard InChI is InChI=1S/C14H18N4O/c1-4-19-12-7-5-6-11(8-12)18-14-9(2)13(15)16-10(3)17-14/h5-8H,4H2,1-3H3,(H3,15,16,17,18). The van der Waals surface area contributed by atoms with Crippen LogP contribution in [0.25, 0.3) is 0 Å². The van der Waals surface area contributed by atoms with Crippen LogP contribution in [0.3, 0.4) is 0 Å². The number of ether oxygens (including phenoxy) is 1. The highest BCUT2D eigenvalue weighted by Gasteiger charge is 2.07. The van der Waals surface area contributed by atoms with Crippen LogP contribution in [0.15, 0.2) is 24.3 Å². The second-order valence-corrected chi connectivity index (χ2v) is 4.22. The number of nitrogens with one attached hydrogen (secondary N) is 1. The van der Waals surface area contributed by atoms with Crippen LogP contribution in [-0.2, 0) is 0 Å². The lowest BCUT2D eigenvalue weighted by molar-refractivity contribution is 0.340. The third-order valence-corrected chi connectivity index (χ3v) is 2.70. The Morgan fingerprint density at radius 2 is 2.05 bits per heavy atom. The molecule has 0 saturated heterocycles. The largest absolute Gasteiger partial charge is 0.494 e. The molecule has 0 saturated carbocycles. The summed E-state index contributed by atoms with van der Waals surface area (Å²) in [5.41, 5.74) is 7.59. The van der Waals surface area contributed by atoms with Crippen molar-refractivity contribution in [3.05, 3.63) is 35.7 Å². The summed E-state index contributed by atoms with van der Waals surface area (Å²) in [6, 6.07) is 7.73. The second-order valence-electron chi connectivity index (χ2n) is 4.22. The Balaban J connectivity index is 2.28. The maximum atomic E-state index is 5.84. The molecule has 1 aromatic carbocycles. The molecule has 2 aromatic rings. The summed E-state index contributed by atoms with van der Waals surface area (Å²) in [6.45, 7) is 6.31. The van der Waals surface area contributed by atoms with Gasteiger partial charge in [0, 0.05) is 17.3 Å². The van der Waals surface area contributed by atoms with E-state index in [1.54, 1.807) is 0 Å². The van der Waals surface area contributed by atoms with Crippen molar-refractivity contribution in [1.82, 2.24) is 9.97 Å². The Labute approximate surface area is 112 Å². The minimum absolute atomic E-state index is 0.496. The van der Waals surface area contributed by atoms with Crippen LogP contribution in [0.5, 0.6) is 5.75 Å². The molecule has 19 heavy (non-hydrogen) atoms. The van der Waals surface area contributed by atoms with Gasteiger partial charge < -0.3 is 15.8 Å². The summed E-state index contributed by atoms with van der Waals surface area (Å²) in [5.74, 6) is 2.69. The normalized spacial score (nSPS) is 10.3. The third kappa shape index (κ3) is 3.13. The van der Waals surface area contributed by atoms with Gasteiger partial charge in [0.2, 0.25) is 0 Å². The Morgan fingerprint density at radius 3 is 2.79 bits per heavy atom. The molecule has 2 rings (SSSR count). The summed E-state index contributed by atoms with van der Waals surface area (Å²) >= 11 is 0. The Bertz CT molecular complexity index is 584. The number of aromatic nitrogens is 2. The quantitative estimate of drug-likeness (QED) is 0.882. The monoisotopic (exact) mass is 258 g/mol. The molecular weight excluding hydrogens is 240 g/mol. The Morgan fingerprint density at radius 1 is 1.26 bits per heavy atom. The SMILES string of the molecule is CCOc1cccc(Nc2nc(C)nc(N)c2C)c1. The van der Waals surface area contributed by atoms with Crippen LogP contribution in [0.4, 0.5) is 17.3 Å². The Kier molecular flexibility index (Phi) is 3.85. The number of hydrogen-bond acceptors (Lipinski definition) is 5. The van der Waals surface area contributed by atoms with Gasteiger partial charge in [-0.3, -0.25) is 0 Å². The molecule has 0 unspecified atom stereocenters. The van der Waals surface area contributed by atoms with Crippen LogP contribution < -0.4 is 15.8 Å². The third-order valence-electron chi connectivity index (χ3n) is 2.70. The van der Waals surface area contributed by atoms with Gasteiger partial charge in [-0.15, -0.1) is 0 Å². The molecule has 0 bridgehead atoms. The van der Waals surface area contributed by atoms with Gasteiger partial charge in [-0.1, -0.05) is 6.07 Å². The molecule has 5 heteroatoms. The predicted octanol–water partition coefficient (Wildman–Crippen LogP) is 2.82. The average molecular weight is 258 g/mol. The van der Waals surface area contributed by atoms with Gasteiger partial charge in [0.25, 0.3) is 0 Å². The van der Waals surface area contributed by atoms with E-state index in [-0.39, 0.29) is 0 Å². The fourth-order valence-electron chi connectivity index (χ4n) is 1.74. The van der Waals surface area contributed by atoms with Crippen molar-refractivity contribution in [1.29, 1.82) is 0 Å². The van der Waals surface area contributed by atoms with Crippen LogP contribution >= 0.6 is 0 Å². The molecule has 0 radical (unpaired) electrons. The number of nitrogens with zero attached hydrogens (tertiary/aromatic N) is 2. The first-order valence-corrected chi connectivity index (χ1v) is 6.20. The van der Waals surface area contributed by atoms with E-state index in [1.807, 2.05) is 45.0 Å². The van der Waals surface area contributed by atoms with Crippen LogP contribution in [0.1, 0.15) is 18.3 Å². The summed E-state index contributed by atoms with van der Waals surface area (Å²) in [7, 11) is 0. The molecule has 0 aliphatic carbocycles. The van der Waals surface area contributed by atoms with Gasteiger partial charge in [-0.05, 0) is 32.9 Å². The van der Waals surface area contributed by atoms with E-state index in [2.05, 4.69) is 15.3 Å². The minimum Gasteiger partial charge on any atom is -0.494 e. The number of anilines is 3. The molecule has 0 aliphatic rings. The molecule has 0 atom stereocenters. The number of rotatable bonds is 4. The molecule has 1 aromatic heterocycles. The molecule has 3 N–H and O–H groups in total. The van der Waals surface area contributed by atoms with E-state index in [1.165, 1.54) is 0 Å². The van der Waals surface area contributed by atoms with Crippen molar-refractivity contribution in [2.75, 3.05) is 17.7 Å². The number of hydrogen-bond donors (Lipinski definition) is 2. The lowest BCUT2D eigenvalue weighted by Gasteiger charge is -2.12. The molecular formula is C14H18N4O. The first-order chi connectivity index (χ1) is 9.10. The van der Waals surface area contributed by atoms with Gasteiger partial charge in [0.05, 0.1) is 6.61 Å². The van der Waals surface area contributed by atoms with Gasteiger partial charge in [0.15, 0.2) is 0 Å². The average Bonchev–Trinajstić information content (AvgIpc) is 2.36. The van der Waals surface area contributed by atoms with E-state index in [0.717, 1.165) is 22.8 Å². The zero-order chi connectivity index (χ0) is 13.8. The van der Waals surface area contributed by atoms with Crippen molar-refractivity contribution in [2.45, 2.75) is 20.8 Å². The molecule has 0 spiro atoms. The van der Waals surface area contributed by atoms with Gasteiger partial charge >= 0.3 is 0 Å². The smallest absolute Gasteiger partial charge is 0.139 e. The topological polar surface area (TPSA) is 73.1 Å². The molecule has 0 aliphatic heterocycles. The number of nitrogen functional groups attached to an aromatic ring is 1.